The Hall–Kier alpha value is -2.89. The molecule has 0 radical (unpaired) electrons. The van der Waals surface area contributed by atoms with Gasteiger partial charge in [0, 0.05) is 11.9 Å². The molecule has 1 aromatic carbocycles. The molecule has 0 unspecified atom stereocenters. The van der Waals surface area contributed by atoms with E-state index in [1.54, 1.807) is 25.3 Å². The molecule has 2 amide bonds. The number of phenolic OH excluding ortho intramolecular Hbond substituents is 1. The lowest BCUT2D eigenvalue weighted by Crippen LogP contribution is -2.29. The summed E-state index contributed by atoms with van der Waals surface area (Å²) in [7, 11) is 0. The van der Waals surface area contributed by atoms with Gasteiger partial charge >= 0.3 is 11.8 Å². The van der Waals surface area contributed by atoms with Crippen LogP contribution >= 0.6 is 0 Å². The van der Waals surface area contributed by atoms with Gasteiger partial charge in [0.05, 0.1) is 11.9 Å². The standard InChI is InChI=1S/C14H13N3O3/c1-9-7-11(18)4-5-12(9)17-14(20)13(19)16-10-3-2-6-15-8-10/h2-8,18H,1H3,(H,16,19)(H,17,20). The van der Waals surface area contributed by atoms with Crippen molar-refractivity contribution in [3.63, 3.8) is 0 Å². The average Bonchev–Trinajstić information content (AvgIpc) is 2.43. The molecule has 1 aromatic heterocycles. The van der Waals surface area contributed by atoms with Gasteiger partial charge in [0.15, 0.2) is 0 Å². The summed E-state index contributed by atoms with van der Waals surface area (Å²) >= 11 is 0. The van der Waals surface area contributed by atoms with Gasteiger partial charge in [0.1, 0.15) is 5.75 Å². The summed E-state index contributed by atoms with van der Waals surface area (Å²) in [6.45, 7) is 1.72. The molecule has 0 aliphatic carbocycles. The van der Waals surface area contributed by atoms with Crippen LogP contribution in [0, 0.1) is 6.92 Å². The van der Waals surface area contributed by atoms with E-state index in [-0.39, 0.29) is 5.75 Å². The lowest BCUT2D eigenvalue weighted by Gasteiger charge is -2.08. The van der Waals surface area contributed by atoms with Crippen LogP contribution in [-0.2, 0) is 9.59 Å². The van der Waals surface area contributed by atoms with Gasteiger partial charge in [-0.1, -0.05) is 0 Å². The average molecular weight is 271 g/mol. The molecule has 6 nitrogen and oxygen atoms in total. The molecule has 20 heavy (non-hydrogen) atoms. The number of hydrogen-bond donors (Lipinski definition) is 3. The first kappa shape index (κ1) is 13.5. The third-order valence-electron chi connectivity index (χ3n) is 2.58. The van der Waals surface area contributed by atoms with Crippen LogP contribution < -0.4 is 10.6 Å². The molecule has 0 fully saturated rings. The lowest BCUT2D eigenvalue weighted by atomic mass is 10.2. The topological polar surface area (TPSA) is 91.3 Å². The van der Waals surface area contributed by atoms with Gasteiger partial charge in [0.25, 0.3) is 0 Å². The molecule has 3 N–H and O–H groups in total. The summed E-state index contributed by atoms with van der Waals surface area (Å²) in [5, 5.41) is 14.2. The van der Waals surface area contributed by atoms with E-state index in [4.69, 9.17) is 0 Å². The van der Waals surface area contributed by atoms with Crippen LogP contribution in [0.15, 0.2) is 42.7 Å². The number of carbonyl (C=O) groups is 2. The van der Waals surface area contributed by atoms with Crippen LogP contribution in [0.3, 0.4) is 0 Å². The number of carbonyl (C=O) groups excluding carboxylic acids is 2. The third kappa shape index (κ3) is 3.32. The Kier molecular flexibility index (Phi) is 3.95. The minimum absolute atomic E-state index is 0.0975. The van der Waals surface area contributed by atoms with Crippen LogP contribution in [0.25, 0.3) is 0 Å². The molecule has 2 rings (SSSR count). The third-order valence-corrected chi connectivity index (χ3v) is 2.58. The van der Waals surface area contributed by atoms with E-state index in [2.05, 4.69) is 15.6 Å². The van der Waals surface area contributed by atoms with Crippen molar-refractivity contribution < 1.29 is 14.7 Å². The number of phenols is 1. The van der Waals surface area contributed by atoms with Gasteiger partial charge in [-0.05, 0) is 42.8 Å². The van der Waals surface area contributed by atoms with Crippen LogP contribution in [0.2, 0.25) is 0 Å². The number of aryl methyl sites for hydroxylation is 1. The Labute approximate surface area is 115 Å². The molecule has 1 heterocycles. The zero-order valence-corrected chi connectivity index (χ0v) is 10.8. The van der Waals surface area contributed by atoms with Gasteiger partial charge in [-0.25, -0.2) is 0 Å². The highest BCUT2D eigenvalue weighted by Gasteiger charge is 2.15. The first-order valence-corrected chi connectivity index (χ1v) is 5.88. The molecular weight excluding hydrogens is 258 g/mol. The highest BCUT2D eigenvalue weighted by Crippen LogP contribution is 2.20. The van der Waals surface area contributed by atoms with E-state index in [1.165, 1.54) is 24.4 Å². The monoisotopic (exact) mass is 271 g/mol. The van der Waals surface area contributed by atoms with Crippen LogP contribution in [0.5, 0.6) is 5.75 Å². The Bertz CT molecular complexity index is 641. The molecule has 0 saturated heterocycles. The maximum Gasteiger partial charge on any atom is 0.314 e. The summed E-state index contributed by atoms with van der Waals surface area (Å²) < 4.78 is 0. The van der Waals surface area contributed by atoms with Crippen molar-refractivity contribution in [1.82, 2.24) is 4.98 Å². The highest BCUT2D eigenvalue weighted by molar-refractivity contribution is 6.43. The van der Waals surface area contributed by atoms with Crippen molar-refractivity contribution in [3.05, 3.63) is 48.3 Å². The number of hydrogen-bond acceptors (Lipinski definition) is 4. The van der Waals surface area contributed by atoms with Crippen molar-refractivity contribution >= 4 is 23.2 Å². The largest absolute Gasteiger partial charge is 0.508 e. The van der Waals surface area contributed by atoms with Crippen LogP contribution in [-0.4, -0.2) is 21.9 Å². The first-order valence-electron chi connectivity index (χ1n) is 5.88. The zero-order chi connectivity index (χ0) is 14.5. The highest BCUT2D eigenvalue weighted by atomic mass is 16.3. The summed E-state index contributed by atoms with van der Waals surface area (Å²) in [6.07, 6.45) is 3.01. The molecule has 2 aromatic rings. The normalized spacial score (nSPS) is 9.85. The molecule has 102 valence electrons. The van der Waals surface area contributed by atoms with Crippen molar-refractivity contribution in [3.8, 4) is 5.75 Å². The molecular formula is C14H13N3O3. The SMILES string of the molecule is Cc1cc(O)ccc1NC(=O)C(=O)Nc1cccnc1. The predicted molar refractivity (Wildman–Crippen MR) is 74.3 cm³/mol. The first-order chi connectivity index (χ1) is 9.56. The Balaban J connectivity index is 2.03. The number of aromatic nitrogens is 1. The molecule has 6 heteroatoms. The number of amides is 2. The smallest absolute Gasteiger partial charge is 0.314 e. The number of benzene rings is 1. The van der Waals surface area contributed by atoms with E-state index < -0.39 is 11.8 Å². The second-order valence-corrected chi connectivity index (χ2v) is 4.15. The minimum atomic E-state index is -0.789. The van der Waals surface area contributed by atoms with Crippen molar-refractivity contribution in [2.75, 3.05) is 10.6 Å². The quantitative estimate of drug-likeness (QED) is 0.572. The zero-order valence-electron chi connectivity index (χ0n) is 10.8. The van der Waals surface area contributed by atoms with Crippen LogP contribution in [0.1, 0.15) is 5.56 Å². The van der Waals surface area contributed by atoms with Gasteiger partial charge in [0.2, 0.25) is 0 Å². The van der Waals surface area contributed by atoms with Gasteiger partial charge in [-0.2, -0.15) is 0 Å². The van der Waals surface area contributed by atoms with E-state index in [0.717, 1.165) is 0 Å². The van der Waals surface area contributed by atoms with E-state index in [1.807, 2.05) is 0 Å². The van der Waals surface area contributed by atoms with E-state index in [0.29, 0.717) is 16.9 Å². The number of nitrogens with zero attached hydrogens (tertiary/aromatic N) is 1. The second kappa shape index (κ2) is 5.83. The van der Waals surface area contributed by atoms with Crippen molar-refractivity contribution in [2.45, 2.75) is 6.92 Å². The molecule has 0 saturated carbocycles. The van der Waals surface area contributed by atoms with E-state index >= 15 is 0 Å². The summed E-state index contributed by atoms with van der Waals surface area (Å²) in [6, 6.07) is 7.73. The van der Waals surface area contributed by atoms with Crippen LogP contribution in [0.4, 0.5) is 11.4 Å². The van der Waals surface area contributed by atoms with Gasteiger partial charge < -0.3 is 15.7 Å². The van der Waals surface area contributed by atoms with Gasteiger partial charge in [-0.15, -0.1) is 0 Å². The maximum absolute atomic E-state index is 11.7. The molecule has 0 atom stereocenters. The maximum atomic E-state index is 11.7. The second-order valence-electron chi connectivity index (χ2n) is 4.15. The number of rotatable bonds is 2. The fraction of sp³-hybridized carbons (Fsp3) is 0.0714. The Morgan fingerprint density at radius 1 is 1.15 bits per heavy atom. The summed E-state index contributed by atoms with van der Waals surface area (Å²) in [5.41, 5.74) is 1.57. The number of nitrogens with one attached hydrogen (secondary N) is 2. The van der Waals surface area contributed by atoms with Crippen molar-refractivity contribution in [1.29, 1.82) is 0 Å². The number of pyridine rings is 1. The summed E-state index contributed by atoms with van der Waals surface area (Å²) in [4.78, 5) is 27.3. The fourth-order valence-corrected chi connectivity index (χ4v) is 1.59. The molecule has 0 bridgehead atoms. The summed E-state index contributed by atoms with van der Waals surface area (Å²) in [5.74, 6) is -1.48. The van der Waals surface area contributed by atoms with Crippen molar-refractivity contribution in [2.24, 2.45) is 0 Å². The Morgan fingerprint density at radius 3 is 2.55 bits per heavy atom. The lowest BCUT2D eigenvalue weighted by molar-refractivity contribution is -0.133. The van der Waals surface area contributed by atoms with E-state index in [9.17, 15) is 14.7 Å². The number of aromatic hydroxyl groups is 1. The Morgan fingerprint density at radius 2 is 1.90 bits per heavy atom. The fourth-order valence-electron chi connectivity index (χ4n) is 1.59. The van der Waals surface area contributed by atoms with Gasteiger partial charge in [-0.3, -0.25) is 14.6 Å². The predicted octanol–water partition coefficient (Wildman–Crippen LogP) is 1.67. The molecule has 0 aliphatic heterocycles. The minimum Gasteiger partial charge on any atom is -0.508 e. The number of anilines is 2. The molecule has 0 aliphatic rings. The molecule has 0 spiro atoms.